The molecule has 0 bridgehead atoms. The zero-order valence-corrected chi connectivity index (χ0v) is 36.9. The van der Waals surface area contributed by atoms with Gasteiger partial charge in [0.15, 0.2) is 0 Å². The van der Waals surface area contributed by atoms with Gasteiger partial charge in [0.25, 0.3) is 0 Å². The quantitative estimate of drug-likeness (QED) is 0.0841. The number of amides is 8. The summed E-state index contributed by atoms with van der Waals surface area (Å²) in [4.78, 5) is 109. The number of nitrogens with one attached hydrogen (secondary N) is 5. The Labute approximate surface area is 380 Å². The van der Waals surface area contributed by atoms with E-state index in [1.807, 2.05) is 30.3 Å². The highest BCUT2D eigenvalue weighted by molar-refractivity contribution is 7.80. The van der Waals surface area contributed by atoms with Crippen LogP contribution in [0.1, 0.15) is 51.0 Å². The number of aryl methyl sites for hydroxylation is 1. The summed E-state index contributed by atoms with van der Waals surface area (Å²) in [6, 6.07) is 6.47. The normalized spacial score (nSPS) is 26.6. The Morgan fingerprint density at radius 3 is 2.08 bits per heavy atom. The number of hydrogen-bond donors (Lipinski definition) is 13. The van der Waals surface area contributed by atoms with E-state index in [-0.39, 0.29) is 50.9 Å². The number of phenolic OH excluding ortho intramolecular Hbond substituents is 1. The summed E-state index contributed by atoms with van der Waals surface area (Å²) in [5, 5.41) is 71.8. The zero-order chi connectivity index (χ0) is 48.4. The number of hydrogen-bond acceptors (Lipinski definition) is 15. The maximum atomic E-state index is 14.1. The van der Waals surface area contributed by atoms with Gasteiger partial charge in [0.05, 0.1) is 30.8 Å². The average Bonchev–Trinajstić information content (AvgIpc) is 3.93. The Morgan fingerprint density at radius 2 is 1.49 bits per heavy atom. The minimum atomic E-state index is -1.94. The lowest BCUT2D eigenvalue weighted by atomic mass is 10.0. The number of rotatable bonds is 9. The SMILES string of the molecule is CO.C[C@@H](O)[C@@H]1NC(=O)[C@@H](NC=O)C[C@@H](O)CNC(=O)C2[C@@H](O)CCN2C(=O)[C@H]([C@H](O)CC(N)=O)NC(=O)C(CCc2ccc(O)cc2)NC(=O)C2CCCN2C1=O.Sc1ccccc1. The Morgan fingerprint density at radius 1 is 0.862 bits per heavy atom. The van der Waals surface area contributed by atoms with Gasteiger partial charge in [0.1, 0.15) is 42.0 Å². The number of aliphatic hydroxyl groups excluding tert-OH is 5. The minimum absolute atomic E-state index is 0.0214. The van der Waals surface area contributed by atoms with Gasteiger partial charge in [0, 0.05) is 38.1 Å². The van der Waals surface area contributed by atoms with E-state index in [1.54, 1.807) is 12.1 Å². The third kappa shape index (κ3) is 15.7. The van der Waals surface area contributed by atoms with Gasteiger partial charge in [0.2, 0.25) is 47.8 Å². The number of fused-ring (bicyclic) bond motifs is 2. The lowest BCUT2D eigenvalue weighted by Gasteiger charge is -2.33. The number of benzene rings is 2. The van der Waals surface area contributed by atoms with Crippen molar-refractivity contribution in [3.05, 3.63) is 60.2 Å². The summed E-state index contributed by atoms with van der Waals surface area (Å²) >= 11 is 4.08. The maximum absolute atomic E-state index is 14.1. The summed E-state index contributed by atoms with van der Waals surface area (Å²) in [6.45, 7) is 0.451. The molecular weight excluding hydrogens is 873 g/mol. The number of nitrogens with zero attached hydrogens (tertiary/aromatic N) is 2. The summed E-state index contributed by atoms with van der Waals surface area (Å²) in [7, 11) is 1.00. The Balaban J connectivity index is 0.00000112. The van der Waals surface area contributed by atoms with Gasteiger partial charge in [-0.3, -0.25) is 38.4 Å². The number of phenols is 1. The Hall–Kier alpha value is -5.85. The maximum Gasteiger partial charge on any atom is 0.248 e. The molecule has 3 fully saturated rings. The van der Waals surface area contributed by atoms with Crippen molar-refractivity contribution in [2.45, 2.75) is 117 Å². The van der Waals surface area contributed by atoms with Gasteiger partial charge in [-0.15, -0.1) is 12.6 Å². The number of primary amides is 1. The molecule has 2 aromatic rings. The molecular formula is C42H60N8O14S. The van der Waals surface area contributed by atoms with Crippen molar-refractivity contribution >= 4 is 60.4 Å². The molecule has 0 aliphatic carbocycles. The Bertz CT molecular complexity index is 1930. The lowest BCUT2D eigenvalue weighted by Crippen LogP contribution is -2.62. The summed E-state index contributed by atoms with van der Waals surface area (Å²) in [6.07, 6.45) is -7.22. The molecule has 2 aromatic carbocycles. The molecule has 358 valence electrons. The van der Waals surface area contributed by atoms with Gasteiger partial charge in [-0.1, -0.05) is 30.3 Å². The van der Waals surface area contributed by atoms with Gasteiger partial charge >= 0.3 is 0 Å². The van der Waals surface area contributed by atoms with E-state index in [0.29, 0.717) is 12.0 Å². The molecule has 0 radical (unpaired) electrons. The second-order valence-corrected chi connectivity index (χ2v) is 16.1. The zero-order valence-electron chi connectivity index (χ0n) is 36.0. The molecule has 22 nitrogen and oxygen atoms in total. The third-order valence-electron chi connectivity index (χ3n) is 10.8. The van der Waals surface area contributed by atoms with Crippen molar-refractivity contribution in [3.63, 3.8) is 0 Å². The van der Waals surface area contributed by atoms with Crippen molar-refractivity contribution < 1.29 is 69.0 Å². The van der Waals surface area contributed by atoms with Crippen molar-refractivity contribution in [2.75, 3.05) is 26.7 Å². The smallest absolute Gasteiger partial charge is 0.248 e. The van der Waals surface area contributed by atoms with Gasteiger partial charge < -0.3 is 72.8 Å². The molecule has 0 aromatic heterocycles. The minimum Gasteiger partial charge on any atom is -0.508 e. The number of aromatic hydroxyl groups is 1. The second-order valence-electron chi connectivity index (χ2n) is 15.5. The first-order valence-electron chi connectivity index (χ1n) is 20.9. The van der Waals surface area contributed by atoms with Crippen molar-refractivity contribution in [1.29, 1.82) is 0 Å². The first kappa shape index (κ1) is 53.5. The standard InChI is InChI=1S/C35H50N8O13.C6H6S.CH4O/c1-17(45)27-34(55)42-11-2-3-23(42)32(53)39-21(9-6-18-4-7-19(46)8-5-18)30(51)41-28(25(49)14-26(36)50)35(56)43-12-10-24(48)29(43)33(54)37-15-20(47)13-22(38-16-44)31(52)40-27;7-6-4-2-1-3-5-6;1-2/h4-5,7-8,16-17,20-25,27-29,45-49H,2-3,6,9-15H2,1H3,(H2,36,50)(H,37,54)(H,38,44)(H,39,53)(H,40,52)(H,41,51);1-5,7H;2H,1H3/t17-,20-,21?,22+,23?,24+,25-,27+,28+,29?;;/m1../s1. The fourth-order valence-electron chi connectivity index (χ4n) is 7.49. The highest BCUT2D eigenvalue weighted by atomic mass is 32.1. The first-order valence-corrected chi connectivity index (χ1v) is 21.3. The van der Waals surface area contributed by atoms with Crippen molar-refractivity contribution in [1.82, 2.24) is 36.4 Å². The molecule has 8 amide bonds. The van der Waals surface area contributed by atoms with E-state index in [0.717, 1.165) is 21.8 Å². The van der Waals surface area contributed by atoms with Crippen LogP contribution in [0.4, 0.5) is 0 Å². The molecule has 3 aliphatic heterocycles. The fourth-order valence-corrected chi connectivity index (χ4v) is 7.66. The van der Waals surface area contributed by atoms with Crippen LogP contribution in [-0.2, 0) is 44.8 Å². The summed E-state index contributed by atoms with van der Waals surface area (Å²) < 4.78 is 0. The monoisotopic (exact) mass is 932 g/mol. The van der Waals surface area contributed by atoms with Crippen LogP contribution in [0.5, 0.6) is 5.75 Å². The number of β-amino-alcohol motifs (C(OH)–C–C–N with tert-alkyl or cyclic N) is 1. The number of carbonyl (C=O) groups excluding carboxylic acids is 8. The predicted molar refractivity (Wildman–Crippen MR) is 233 cm³/mol. The second kappa shape index (κ2) is 26.2. The van der Waals surface area contributed by atoms with Gasteiger partial charge in [-0.2, -0.15) is 0 Å². The van der Waals surface area contributed by atoms with Crippen LogP contribution in [0.15, 0.2) is 59.5 Å². The molecule has 3 heterocycles. The number of aliphatic hydroxyl groups is 5. The van der Waals surface area contributed by atoms with Crippen LogP contribution < -0.4 is 32.3 Å². The van der Waals surface area contributed by atoms with E-state index >= 15 is 0 Å². The molecule has 0 spiro atoms. The molecule has 0 saturated carbocycles. The average molecular weight is 933 g/mol. The van der Waals surface area contributed by atoms with E-state index in [2.05, 4.69) is 39.2 Å². The number of carbonyl (C=O) groups is 8. The number of thiol groups is 1. The van der Waals surface area contributed by atoms with Crippen LogP contribution in [0.2, 0.25) is 0 Å². The van der Waals surface area contributed by atoms with E-state index in [4.69, 9.17) is 10.8 Å². The highest BCUT2D eigenvalue weighted by Gasteiger charge is 2.46. The van der Waals surface area contributed by atoms with Crippen molar-refractivity contribution in [3.8, 4) is 5.75 Å². The molecule has 3 unspecified atom stereocenters. The summed E-state index contributed by atoms with van der Waals surface area (Å²) in [5.74, 6) is -6.78. The topological polar surface area (TPSA) is 351 Å². The van der Waals surface area contributed by atoms with Crippen LogP contribution >= 0.6 is 12.6 Å². The van der Waals surface area contributed by atoms with Crippen LogP contribution in [-0.4, -0.2) is 176 Å². The molecule has 10 atom stereocenters. The molecule has 3 saturated heterocycles. The van der Waals surface area contributed by atoms with Crippen LogP contribution in [0, 0.1) is 0 Å². The van der Waals surface area contributed by atoms with E-state index in [9.17, 15) is 63.9 Å². The summed E-state index contributed by atoms with van der Waals surface area (Å²) in [5.41, 5.74) is 5.94. The van der Waals surface area contributed by atoms with Gasteiger partial charge in [-0.25, -0.2) is 0 Å². The molecule has 65 heavy (non-hydrogen) atoms. The predicted octanol–water partition coefficient (Wildman–Crippen LogP) is -4.07. The molecule has 13 N–H and O–H groups in total. The largest absolute Gasteiger partial charge is 0.508 e. The molecule has 23 heteroatoms. The van der Waals surface area contributed by atoms with E-state index < -0.39 is 121 Å². The highest BCUT2D eigenvalue weighted by Crippen LogP contribution is 2.23. The fraction of sp³-hybridized carbons (Fsp3) is 0.524. The van der Waals surface area contributed by atoms with Crippen molar-refractivity contribution in [2.24, 2.45) is 5.73 Å². The Kier molecular flexibility index (Phi) is 21.6. The third-order valence-corrected chi connectivity index (χ3v) is 11.1. The first-order chi connectivity index (χ1) is 30.9. The molecule has 3 aliphatic rings. The number of nitrogens with two attached hydrogens (primary N) is 1. The van der Waals surface area contributed by atoms with E-state index in [1.165, 1.54) is 19.1 Å². The van der Waals surface area contributed by atoms with Crippen LogP contribution in [0.25, 0.3) is 0 Å². The van der Waals surface area contributed by atoms with Crippen LogP contribution in [0.3, 0.4) is 0 Å². The van der Waals surface area contributed by atoms with Gasteiger partial charge in [-0.05, 0) is 68.9 Å². The lowest BCUT2D eigenvalue weighted by molar-refractivity contribution is -0.147. The molecule has 5 rings (SSSR count).